The van der Waals surface area contributed by atoms with Gasteiger partial charge < -0.3 is 0 Å². The Morgan fingerprint density at radius 1 is 0.647 bits per heavy atom. The van der Waals surface area contributed by atoms with Crippen LogP contribution in [0.5, 0.6) is 0 Å². The summed E-state index contributed by atoms with van der Waals surface area (Å²) in [6, 6.07) is 0. The molecule has 2 atom stereocenters. The molecule has 0 heterocycles. The molecule has 0 aliphatic carbocycles. The highest BCUT2D eigenvalue weighted by molar-refractivity contribution is 4.66. The van der Waals surface area contributed by atoms with Gasteiger partial charge in [0.15, 0.2) is 0 Å². The zero-order valence-corrected chi connectivity index (χ0v) is 12.9. The molecule has 0 radical (unpaired) electrons. The summed E-state index contributed by atoms with van der Waals surface area (Å²) in [6.07, 6.45) is 15.8. The second kappa shape index (κ2) is 12.5. The van der Waals surface area contributed by atoms with E-state index in [0.29, 0.717) is 0 Å². The van der Waals surface area contributed by atoms with Crippen LogP contribution in [-0.2, 0) is 0 Å². The van der Waals surface area contributed by atoms with Crippen LogP contribution in [0.2, 0.25) is 0 Å². The van der Waals surface area contributed by atoms with E-state index in [1.165, 1.54) is 70.6 Å². The molecule has 0 heteroatoms. The highest BCUT2D eigenvalue weighted by atomic mass is 14.2. The second-order valence-electron chi connectivity index (χ2n) is 5.84. The first-order valence-electron chi connectivity index (χ1n) is 8.26. The maximum atomic E-state index is 2.46. The lowest BCUT2D eigenvalue weighted by atomic mass is 9.83. The van der Waals surface area contributed by atoms with Crippen molar-refractivity contribution in [3.05, 3.63) is 0 Å². The molecule has 0 fully saturated rings. The molecule has 2 unspecified atom stereocenters. The Morgan fingerprint density at radius 2 is 1.18 bits per heavy atom. The first-order chi connectivity index (χ1) is 8.26. The van der Waals surface area contributed by atoms with E-state index in [2.05, 4.69) is 27.7 Å². The normalized spacial score (nSPS) is 14.8. The molecule has 0 saturated carbocycles. The lowest BCUT2D eigenvalue weighted by Crippen LogP contribution is -2.11. The van der Waals surface area contributed by atoms with E-state index >= 15 is 0 Å². The van der Waals surface area contributed by atoms with Crippen molar-refractivity contribution in [1.29, 1.82) is 0 Å². The average Bonchev–Trinajstić information content (AvgIpc) is 2.36. The van der Waals surface area contributed by atoms with Gasteiger partial charge in [-0.25, -0.2) is 0 Å². The second-order valence-corrected chi connectivity index (χ2v) is 5.84. The van der Waals surface area contributed by atoms with Crippen LogP contribution in [0.3, 0.4) is 0 Å². The molecule has 0 bridgehead atoms. The maximum Gasteiger partial charge on any atom is -0.0389 e. The predicted octanol–water partition coefficient (Wildman–Crippen LogP) is 6.59. The summed E-state index contributed by atoms with van der Waals surface area (Å²) >= 11 is 0. The fourth-order valence-electron chi connectivity index (χ4n) is 2.70. The molecule has 0 aliphatic heterocycles. The summed E-state index contributed by atoms with van der Waals surface area (Å²) in [7, 11) is 0. The third kappa shape index (κ3) is 9.68. The molecule has 0 saturated heterocycles. The SMILES string of the molecule is CCCCCCCCC(CCCC)C(C)CC. The Bertz CT molecular complexity index is 139. The average molecular weight is 240 g/mol. The molecule has 0 rings (SSSR count). The number of rotatable bonds is 12. The van der Waals surface area contributed by atoms with Gasteiger partial charge in [0, 0.05) is 0 Å². The van der Waals surface area contributed by atoms with Gasteiger partial charge in [-0.15, -0.1) is 0 Å². The molecule has 0 nitrogen and oxygen atoms in total. The maximum absolute atomic E-state index is 2.46. The third-order valence-corrected chi connectivity index (χ3v) is 4.31. The van der Waals surface area contributed by atoms with Crippen LogP contribution in [0.15, 0.2) is 0 Å². The monoisotopic (exact) mass is 240 g/mol. The molecule has 104 valence electrons. The minimum absolute atomic E-state index is 0.942. The van der Waals surface area contributed by atoms with Crippen LogP contribution in [-0.4, -0.2) is 0 Å². The van der Waals surface area contributed by atoms with Crippen molar-refractivity contribution >= 4 is 0 Å². The van der Waals surface area contributed by atoms with Gasteiger partial charge in [-0.1, -0.05) is 98.3 Å². The quantitative estimate of drug-likeness (QED) is 0.338. The van der Waals surface area contributed by atoms with Crippen molar-refractivity contribution in [3.8, 4) is 0 Å². The van der Waals surface area contributed by atoms with Crippen LogP contribution in [0, 0.1) is 11.8 Å². The van der Waals surface area contributed by atoms with E-state index in [4.69, 9.17) is 0 Å². The van der Waals surface area contributed by atoms with Gasteiger partial charge >= 0.3 is 0 Å². The van der Waals surface area contributed by atoms with Crippen molar-refractivity contribution in [2.24, 2.45) is 11.8 Å². The molecule has 0 aromatic carbocycles. The Balaban J connectivity index is 3.60. The lowest BCUT2D eigenvalue weighted by Gasteiger charge is -2.22. The third-order valence-electron chi connectivity index (χ3n) is 4.31. The van der Waals surface area contributed by atoms with Gasteiger partial charge in [-0.2, -0.15) is 0 Å². The van der Waals surface area contributed by atoms with E-state index in [-0.39, 0.29) is 0 Å². The minimum atomic E-state index is 0.942. The van der Waals surface area contributed by atoms with Crippen LogP contribution in [0.25, 0.3) is 0 Å². The predicted molar refractivity (Wildman–Crippen MR) is 80.5 cm³/mol. The fourth-order valence-corrected chi connectivity index (χ4v) is 2.70. The molecule has 17 heavy (non-hydrogen) atoms. The first-order valence-corrected chi connectivity index (χ1v) is 8.26. The number of unbranched alkanes of at least 4 members (excludes halogenated alkanes) is 6. The van der Waals surface area contributed by atoms with Crippen LogP contribution < -0.4 is 0 Å². The highest BCUT2D eigenvalue weighted by Crippen LogP contribution is 2.27. The Morgan fingerprint density at radius 3 is 1.76 bits per heavy atom. The molecule has 0 aliphatic rings. The summed E-state index contributed by atoms with van der Waals surface area (Å²) in [5.41, 5.74) is 0. The smallest absolute Gasteiger partial charge is 0.0389 e. The standard InChI is InChI=1S/C17H36/c1-5-8-10-11-12-13-15-17(14-9-6-2)16(4)7-3/h16-17H,5-15H2,1-4H3. The molecule has 0 aromatic rings. The largest absolute Gasteiger partial charge is 0.0654 e. The van der Waals surface area contributed by atoms with Crippen molar-refractivity contribution in [1.82, 2.24) is 0 Å². The Hall–Kier alpha value is 0. The highest BCUT2D eigenvalue weighted by Gasteiger charge is 2.14. The van der Waals surface area contributed by atoms with Gasteiger partial charge in [0.2, 0.25) is 0 Å². The fraction of sp³-hybridized carbons (Fsp3) is 1.00. The summed E-state index contributed by atoms with van der Waals surface area (Å²) in [6.45, 7) is 9.42. The van der Waals surface area contributed by atoms with E-state index in [0.717, 1.165) is 11.8 Å². The van der Waals surface area contributed by atoms with Gasteiger partial charge in [0.25, 0.3) is 0 Å². The first kappa shape index (κ1) is 17.0. The van der Waals surface area contributed by atoms with Gasteiger partial charge in [-0.3, -0.25) is 0 Å². The van der Waals surface area contributed by atoms with E-state index in [1.54, 1.807) is 0 Å². The Kier molecular flexibility index (Phi) is 12.5. The molecule has 0 amide bonds. The molecule has 0 N–H and O–H groups in total. The zero-order chi connectivity index (χ0) is 12.9. The topological polar surface area (TPSA) is 0 Å². The van der Waals surface area contributed by atoms with Crippen molar-refractivity contribution in [2.75, 3.05) is 0 Å². The van der Waals surface area contributed by atoms with Crippen LogP contribution in [0.1, 0.15) is 98.3 Å². The van der Waals surface area contributed by atoms with Gasteiger partial charge in [0.05, 0.1) is 0 Å². The lowest BCUT2D eigenvalue weighted by molar-refractivity contribution is 0.290. The summed E-state index contributed by atoms with van der Waals surface area (Å²) in [5, 5.41) is 0. The van der Waals surface area contributed by atoms with E-state index < -0.39 is 0 Å². The zero-order valence-electron chi connectivity index (χ0n) is 12.9. The van der Waals surface area contributed by atoms with Gasteiger partial charge in [0.1, 0.15) is 0 Å². The number of hydrogen-bond acceptors (Lipinski definition) is 0. The van der Waals surface area contributed by atoms with E-state index in [1.807, 2.05) is 0 Å². The molecular formula is C17H36. The van der Waals surface area contributed by atoms with Crippen molar-refractivity contribution in [2.45, 2.75) is 98.3 Å². The summed E-state index contributed by atoms with van der Waals surface area (Å²) in [5.74, 6) is 1.95. The van der Waals surface area contributed by atoms with Crippen molar-refractivity contribution in [3.63, 3.8) is 0 Å². The van der Waals surface area contributed by atoms with Crippen LogP contribution in [0.4, 0.5) is 0 Å². The van der Waals surface area contributed by atoms with Gasteiger partial charge in [-0.05, 0) is 11.8 Å². The minimum Gasteiger partial charge on any atom is -0.0654 e. The van der Waals surface area contributed by atoms with Crippen molar-refractivity contribution < 1.29 is 0 Å². The van der Waals surface area contributed by atoms with E-state index in [9.17, 15) is 0 Å². The summed E-state index contributed by atoms with van der Waals surface area (Å²) < 4.78 is 0. The molecule has 0 spiro atoms. The summed E-state index contributed by atoms with van der Waals surface area (Å²) in [4.78, 5) is 0. The number of hydrogen-bond donors (Lipinski definition) is 0. The molecule has 0 aromatic heterocycles. The van der Waals surface area contributed by atoms with Crippen LogP contribution >= 0.6 is 0 Å². The molecular weight excluding hydrogens is 204 g/mol. The Labute approximate surface area is 111 Å².